The van der Waals surface area contributed by atoms with Gasteiger partial charge in [-0.2, -0.15) is 0 Å². The molecule has 12 heteroatoms. The summed E-state index contributed by atoms with van der Waals surface area (Å²) in [6.07, 6.45) is 23.1. The van der Waals surface area contributed by atoms with Gasteiger partial charge in [0.1, 0.15) is 18.6 Å². The molecular formula is C58H88O12. The van der Waals surface area contributed by atoms with E-state index in [2.05, 4.69) is 41.5 Å². The Hall–Kier alpha value is -3.18. The number of hydrogen-bond donors (Lipinski definition) is 0. The Balaban J connectivity index is 0.829. The quantitative estimate of drug-likeness (QED) is 0.129. The number of esters is 6. The van der Waals surface area contributed by atoms with Crippen molar-refractivity contribution < 1.29 is 57.2 Å². The highest BCUT2D eigenvalue weighted by Gasteiger charge is 2.71. The SMILES string of the molecule is C[C@@]12CCC[C@@]3(C)C(=O)OCCCOC(=O)CC(=O)OCCCOC(=O)[C@@]4(C)CCC[C@]5(C)C6CC[C@]7(C)C[C@@]6(CCC54)C[C@@H]7OC(=O)CCCCCCCC(=O)O[C@@H]4C[C@@]5(CCC13)C[C@]4(C)CCC52. The van der Waals surface area contributed by atoms with E-state index in [1.807, 2.05) is 0 Å². The molecule has 8 bridgehead atoms. The summed E-state index contributed by atoms with van der Waals surface area (Å²) in [5.74, 6) is -0.600. The first-order valence-electron chi connectivity index (χ1n) is 28.3. The number of carbonyl (C=O) groups is 6. The van der Waals surface area contributed by atoms with Crippen molar-refractivity contribution in [1.29, 1.82) is 0 Å². The Morgan fingerprint density at radius 1 is 0.386 bits per heavy atom. The van der Waals surface area contributed by atoms with Gasteiger partial charge in [-0.3, -0.25) is 28.8 Å². The van der Waals surface area contributed by atoms with Crippen LogP contribution in [0.4, 0.5) is 0 Å². The summed E-state index contributed by atoms with van der Waals surface area (Å²) in [6.45, 7) is 14.1. The van der Waals surface area contributed by atoms with Crippen LogP contribution < -0.4 is 0 Å². The van der Waals surface area contributed by atoms with Crippen molar-refractivity contribution in [1.82, 2.24) is 0 Å². The summed E-state index contributed by atoms with van der Waals surface area (Å²) < 4.78 is 35.4. The number of hydrogen-bond acceptors (Lipinski definition) is 12. The zero-order valence-electron chi connectivity index (χ0n) is 44.0. The largest absolute Gasteiger partial charge is 0.465 e. The maximum absolute atomic E-state index is 14.0. The molecule has 70 heavy (non-hydrogen) atoms. The summed E-state index contributed by atoms with van der Waals surface area (Å²) in [5.41, 5.74) is -1.10. The predicted molar refractivity (Wildman–Crippen MR) is 260 cm³/mol. The molecule has 4 unspecified atom stereocenters. The van der Waals surface area contributed by atoms with E-state index >= 15 is 0 Å². The number of cyclic esters (lactones) is 4. The molecular weight excluding hydrogens is 889 g/mol. The third-order valence-corrected chi connectivity index (χ3v) is 22.2. The van der Waals surface area contributed by atoms with E-state index in [0.717, 1.165) is 148 Å². The van der Waals surface area contributed by atoms with Crippen LogP contribution >= 0.6 is 0 Å². The van der Waals surface area contributed by atoms with Crippen LogP contribution in [-0.4, -0.2) is 74.5 Å². The average molecular weight is 977 g/mol. The summed E-state index contributed by atoms with van der Waals surface area (Å²) in [5, 5.41) is 0. The zero-order chi connectivity index (χ0) is 49.8. The van der Waals surface area contributed by atoms with Gasteiger partial charge in [0, 0.05) is 36.5 Å². The van der Waals surface area contributed by atoms with Crippen LogP contribution in [0.5, 0.6) is 0 Å². The molecule has 0 N–H and O–H groups in total. The van der Waals surface area contributed by atoms with Gasteiger partial charge in [-0.25, -0.2) is 0 Å². The van der Waals surface area contributed by atoms with Gasteiger partial charge >= 0.3 is 35.8 Å². The second-order valence-corrected chi connectivity index (χ2v) is 26.5. The van der Waals surface area contributed by atoms with Crippen LogP contribution in [0.3, 0.4) is 0 Å². The molecule has 392 valence electrons. The van der Waals surface area contributed by atoms with E-state index in [-0.39, 0.29) is 107 Å². The predicted octanol–water partition coefficient (Wildman–Crippen LogP) is 11.5. The number of rotatable bonds is 0. The van der Waals surface area contributed by atoms with Gasteiger partial charge in [-0.1, -0.05) is 59.8 Å². The summed E-state index contributed by atoms with van der Waals surface area (Å²) >= 11 is 0. The first-order valence-corrected chi connectivity index (χ1v) is 28.3. The van der Waals surface area contributed by atoms with E-state index < -0.39 is 29.2 Å². The Kier molecular flexibility index (Phi) is 14.5. The van der Waals surface area contributed by atoms with E-state index in [1.165, 1.54) is 0 Å². The van der Waals surface area contributed by atoms with Crippen molar-refractivity contribution in [2.75, 3.05) is 26.4 Å². The second-order valence-electron chi connectivity index (χ2n) is 26.5. The van der Waals surface area contributed by atoms with Gasteiger partial charge in [0.2, 0.25) is 0 Å². The maximum atomic E-state index is 14.0. The normalized spacial score (nSPS) is 47.1. The minimum Gasteiger partial charge on any atom is -0.465 e. The maximum Gasteiger partial charge on any atom is 0.317 e. The highest BCUT2D eigenvalue weighted by atomic mass is 16.6. The fourth-order valence-electron chi connectivity index (χ4n) is 19.1. The molecule has 0 aromatic heterocycles. The van der Waals surface area contributed by atoms with Gasteiger partial charge in [-0.05, 0) is 175 Å². The fraction of sp³-hybridized carbons (Fsp3) is 0.897. The van der Waals surface area contributed by atoms with E-state index in [0.29, 0.717) is 37.5 Å². The standard InChI is InChI=1S/C58H88O12/c1-51-26-18-41-53(3)22-12-24-55(5)39(53)20-28-57(41,37-51)35-43(51)69-45(59)16-10-8-7-9-11-17-46(60)70-44-36-58-29-21-40-54(4,42(58)19-27-52(44,2)38-58)23-13-25-56(40,6)50(64)68-33-15-31-66-48(62)34-47(61)65-30-14-32-67-49(55)63/h39-44H,7-38H2,1-6H3/t39?,40?,41?,42?,43-,44+,51+,52-,53-,54+,55-,56+,57+,58-. The van der Waals surface area contributed by atoms with Crippen LogP contribution in [0.1, 0.15) is 221 Å². The molecule has 9 aliphatic rings. The second kappa shape index (κ2) is 19.6. The first-order chi connectivity index (χ1) is 33.2. The molecule has 12 nitrogen and oxygen atoms in total. The molecule has 0 amide bonds. The lowest BCUT2D eigenvalue weighted by atomic mass is 9.40. The lowest BCUT2D eigenvalue weighted by Gasteiger charge is -2.64. The van der Waals surface area contributed by atoms with Crippen molar-refractivity contribution in [2.24, 2.45) is 67.0 Å². The molecule has 0 aromatic carbocycles. The van der Waals surface area contributed by atoms with Crippen LogP contribution in [0.15, 0.2) is 0 Å². The topological polar surface area (TPSA) is 158 Å². The van der Waals surface area contributed by atoms with Crippen molar-refractivity contribution in [3.8, 4) is 0 Å². The van der Waals surface area contributed by atoms with Crippen molar-refractivity contribution in [3.05, 3.63) is 0 Å². The number of fused-ring (bicyclic) bond motifs is 10. The van der Waals surface area contributed by atoms with E-state index in [4.69, 9.17) is 28.4 Å². The monoisotopic (exact) mass is 977 g/mol. The minimum atomic E-state index is -0.694. The molecule has 1 heterocycles. The number of ether oxygens (including phenoxy) is 6. The molecule has 9 rings (SSSR count). The molecule has 1 saturated heterocycles. The van der Waals surface area contributed by atoms with Crippen molar-refractivity contribution in [2.45, 2.75) is 234 Å². The average Bonchev–Trinajstić information content (AvgIpc) is 3.62. The molecule has 8 saturated carbocycles. The zero-order valence-corrected chi connectivity index (χ0v) is 44.0. The van der Waals surface area contributed by atoms with Crippen molar-refractivity contribution in [3.63, 3.8) is 0 Å². The summed E-state index contributed by atoms with van der Waals surface area (Å²) in [6, 6.07) is 0. The minimum absolute atomic E-state index is 0.0182. The highest BCUT2D eigenvalue weighted by Crippen LogP contribution is 2.76. The van der Waals surface area contributed by atoms with Crippen molar-refractivity contribution >= 4 is 35.8 Å². The third-order valence-electron chi connectivity index (χ3n) is 22.2. The fourth-order valence-corrected chi connectivity index (χ4v) is 19.1. The third kappa shape index (κ3) is 9.26. The van der Waals surface area contributed by atoms with Crippen LogP contribution in [0, 0.1) is 67.0 Å². The molecule has 0 aromatic rings. The Morgan fingerprint density at radius 3 is 1.20 bits per heavy atom. The van der Waals surface area contributed by atoms with Gasteiger partial charge in [0.05, 0.1) is 37.3 Å². The summed E-state index contributed by atoms with van der Waals surface area (Å²) in [7, 11) is 0. The van der Waals surface area contributed by atoms with Gasteiger partial charge in [0.25, 0.3) is 0 Å². The van der Waals surface area contributed by atoms with E-state index in [1.54, 1.807) is 0 Å². The molecule has 1 aliphatic heterocycles. The number of carbonyl (C=O) groups excluding carboxylic acids is 6. The van der Waals surface area contributed by atoms with Gasteiger partial charge in [-0.15, -0.1) is 0 Å². The van der Waals surface area contributed by atoms with Crippen LogP contribution in [0.2, 0.25) is 0 Å². The smallest absolute Gasteiger partial charge is 0.317 e. The molecule has 9 fully saturated rings. The van der Waals surface area contributed by atoms with Crippen LogP contribution in [-0.2, 0) is 57.2 Å². The summed E-state index contributed by atoms with van der Waals surface area (Å²) in [4.78, 5) is 80.1. The molecule has 14 atom stereocenters. The lowest BCUT2D eigenvalue weighted by Crippen LogP contribution is -2.58. The van der Waals surface area contributed by atoms with E-state index in [9.17, 15) is 28.8 Å². The Bertz CT molecular complexity index is 1880. The molecule has 8 aliphatic carbocycles. The Morgan fingerprint density at radius 2 is 0.771 bits per heavy atom. The van der Waals surface area contributed by atoms with Crippen LogP contribution in [0.25, 0.3) is 0 Å². The lowest BCUT2D eigenvalue weighted by molar-refractivity contribution is -0.188. The van der Waals surface area contributed by atoms with Gasteiger partial charge in [0.15, 0.2) is 0 Å². The first kappa shape index (κ1) is 51.7. The van der Waals surface area contributed by atoms with Gasteiger partial charge < -0.3 is 28.4 Å². The molecule has 0 radical (unpaired) electrons. The highest BCUT2D eigenvalue weighted by molar-refractivity contribution is 5.91. The Labute approximate surface area is 418 Å². The molecule has 2 spiro atoms.